The molecule has 234 valence electrons. The SMILES string of the molecule is CCc1cc(Oc2cccc(N(Cc3cccc(OC(F)(F)C(F)F)c3)CC(O)c3ccc(C(F)(F)F)cc3)c2)ccc1Cl. The molecular weight excluding hydrogens is 615 g/mol. The van der Waals surface area contributed by atoms with Gasteiger partial charge in [0.05, 0.1) is 11.7 Å². The molecule has 44 heavy (non-hydrogen) atoms. The predicted octanol–water partition coefficient (Wildman–Crippen LogP) is 9.69. The number of aliphatic hydroxyl groups is 1. The van der Waals surface area contributed by atoms with Gasteiger partial charge in [-0.2, -0.15) is 30.7 Å². The molecule has 0 fully saturated rings. The van der Waals surface area contributed by atoms with Crippen LogP contribution in [-0.4, -0.2) is 24.2 Å². The van der Waals surface area contributed by atoms with Crippen LogP contribution in [0.15, 0.2) is 91.0 Å². The van der Waals surface area contributed by atoms with Crippen LogP contribution in [-0.2, 0) is 19.1 Å². The fraction of sp³-hybridized carbons (Fsp3) is 0.250. The molecule has 0 aliphatic heterocycles. The highest BCUT2D eigenvalue weighted by molar-refractivity contribution is 6.31. The van der Waals surface area contributed by atoms with Gasteiger partial charge in [0, 0.05) is 29.9 Å². The number of aryl methyl sites for hydroxylation is 1. The molecular formula is C32H27ClF7NO3. The fourth-order valence-electron chi connectivity index (χ4n) is 4.36. The largest absolute Gasteiger partial charge is 0.461 e. The third-order valence-electron chi connectivity index (χ3n) is 6.61. The number of aliphatic hydroxyl groups excluding tert-OH is 1. The van der Waals surface area contributed by atoms with Gasteiger partial charge in [-0.3, -0.25) is 0 Å². The number of benzene rings is 4. The molecule has 0 saturated heterocycles. The van der Waals surface area contributed by atoms with E-state index >= 15 is 0 Å². The molecule has 1 atom stereocenters. The van der Waals surface area contributed by atoms with Gasteiger partial charge in [-0.25, -0.2) is 0 Å². The summed E-state index contributed by atoms with van der Waals surface area (Å²) in [5, 5.41) is 11.6. The van der Waals surface area contributed by atoms with Gasteiger partial charge in [-0.1, -0.05) is 48.9 Å². The number of nitrogens with zero attached hydrogens (tertiary/aromatic N) is 1. The molecule has 4 aromatic carbocycles. The maximum atomic E-state index is 13.5. The smallest absolute Gasteiger partial charge is 0.457 e. The van der Waals surface area contributed by atoms with E-state index in [1.165, 1.54) is 6.07 Å². The van der Waals surface area contributed by atoms with E-state index in [0.29, 0.717) is 34.2 Å². The highest BCUT2D eigenvalue weighted by atomic mass is 35.5. The predicted molar refractivity (Wildman–Crippen MR) is 153 cm³/mol. The second-order valence-electron chi connectivity index (χ2n) is 9.83. The first-order valence-electron chi connectivity index (χ1n) is 13.4. The summed E-state index contributed by atoms with van der Waals surface area (Å²) in [6, 6.07) is 21.1. The zero-order valence-corrected chi connectivity index (χ0v) is 23.9. The molecule has 0 spiro atoms. The second kappa shape index (κ2) is 13.8. The lowest BCUT2D eigenvalue weighted by molar-refractivity contribution is -0.253. The van der Waals surface area contributed by atoms with E-state index in [1.54, 1.807) is 53.4 Å². The van der Waals surface area contributed by atoms with Gasteiger partial charge in [0.15, 0.2) is 0 Å². The number of anilines is 1. The Morgan fingerprint density at radius 1 is 0.818 bits per heavy atom. The number of rotatable bonds is 12. The Kier molecular flexibility index (Phi) is 10.3. The molecule has 12 heteroatoms. The first-order chi connectivity index (χ1) is 20.7. The molecule has 0 amide bonds. The normalized spacial score (nSPS) is 12.7. The Hall–Kier alpha value is -3.96. The summed E-state index contributed by atoms with van der Waals surface area (Å²) in [6.45, 7) is 1.77. The van der Waals surface area contributed by atoms with Crippen LogP contribution in [0.3, 0.4) is 0 Å². The van der Waals surface area contributed by atoms with Crippen molar-refractivity contribution < 1.29 is 45.3 Å². The summed E-state index contributed by atoms with van der Waals surface area (Å²) >= 11 is 6.21. The number of halogens is 8. The molecule has 1 N–H and O–H groups in total. The van der Waals surface area contributed by atoms with E-state index in [4.69, 9.17) is 16.3 Å². The Bertz CT molecular complexity index is 1550. The quantitative estimate of drug-likeness (QED) is 0.156. The summed E-state index contributed by atoms with van der Waals surface area (Å²) < 4.78 is 102. The third kappa shape index (κ3) is 8.57. The van der Waals surface area contributed by atoms with Crippen molar-refractivity contribution in [3.8, 4) is 17.2 Å². The molecule has 0 saturated carbocycles. The third-order valence-corrected chi connectivity index (χ3v) is 6.98. The number of hydrogen-bond acceptors (Lipinski definition) is 4. The lowest BCUT2D eigenvalue weighted by Gasteiger charge is -2.28. The van der Waals surface area contributed by atoms with Crippen LogP contribution < -0.4 is 14.4 Å². The van der Waals surface area contributed by atoms with Crippen molar-refractivity contribution in [2.24, 2.45) is 0 Å². The van der Waals surface area contributed by atoms with Crippen molar-refractivity contribution in [3.05, 3.63) is 118 Å². The molecule has 4 nitrogen and oxygen atoms in total. The minimum Gasteiger partial charge on any atom is -0.457 e. The van der Waals surface area contributed by atoms with E-state index in [1.807, 2.05) is 6.92 Å². The second-order valence-corrected chi connectivity index (χ2v) is 10.2. The minimum atomic E-state index is -4.71. The minimum absolute atomic E-state index is 0.0282. The van der Waals surface area contributed by atoms with Gasteiger partial charge < -0.3 is 19.5 Å². The van der Waals surface area contributed by atoms with Crippen LogP contribution in [0.1, 0.15) is 35.3 Å². The van der Waals surface area contributed by atoms with Gasteiger partial charge >= 0.3 is 18.7 Å². The van der Waals surface area contributed by atoms with Crippen LogP contribution in [0.2, 0.25) is 5.02 Å². The van der Waals surface area contributed by atoms with Gasteiger partial charge in [-0.05, 0) is 77.7 Å². The Labute approximate surface area is 254 Å². The summed E-state index contributed by atoms with van der Waals surface area (Å²) in [6.07, 6.45) is -13.9. The Morgan fingerprint density at radius 2 is 1.48 bits per heavy atom. The number of ether oxygens (including phenoxy) is 2. The Morgan fingerprint density at radius 3 is 2.14 bits per heavy atom. The molecule has 0 aliphatic rings. The zero-order chi connectivity index (χ0) is 32.1. The van der Waals surface area contributed by atoms with Crippen molar-refractivity contribution in [2.45, 2.75) is 44.7 Å². The maximum Gasteiger partial charge on any atom is 0.461 e. The van der Waals surface area contributed by atoms with Crippen molar-refractivity contribution in [3.63, 3.8) is 0 Å². The summed E-state index contributed by atoms with van der Waals surface area (Å²) in [5.74, 6) is 0.432. The fourth-order valence-corrected chi connectivity index (χ4v) is 4.62. The lowest BCUT2D eigenvalue weighted by atomic mass is 10.1. The molecule has 0 radical (unpaired) electrons. The first-order valence-corrected chi connectivity index (χ1v) is 13.7. The highest BCUT2D eigenvalue weighted by Gasteiger charge is 2.44. The van der Waals surface area contributed by atoms with Gasteiger partial charge in [-0.15, -0.1) is 0 Å². The summed E-state index contributed by atoms with van der Waals surface area (Å²) in [4.78, 5) is 1.64. The number of hydrogen-bond donors (Lipinski definition) is 1. The lowest BCUT2D eigenvalue weighted by Crippen LogP contribution is -2.33. The van der Waals surface area contributed by atoms with Gasteiger partial charge in [0.1, 0.15) is 17.2 Å². The molecule has 0 aromatic heterocycles. The zero-order valence-electron chi connectivity index (χ0n) is 23.2. The monoisotopic (exact) mass is 641 g/mol. The maximum absolute atomic E-state index is 13.5. The summed E-state index contributed by atoms with van der Waals surface area (Å²) in [5.41, 5.74) is 1.07. The van der Waals surface area contributed by atoms with Crippen molar-refractivity contribution in [1.29, 1.82) is 0 Å². The standard InChI is InChI=1S/C32H27ClF7NO3/c1-2-21-16-26(13-14-28(21)33)43-25-7-4-6-24(17-25)41(19-29(42)22-9-11-23(12-10-22)31(36,37)38)18-20-5-3-8-27(15-20)44-32(39,40)30(34)35/h3-17,29-30,42H,2,18-19H2,1H3. The van der Waals surface area contributed by atoms with Crippen molar-refractivity contribution in [2.75, 3.05) is 11.4 Å². The van der Waals surface area contributed by atoms with E-state index in [2.05, 4.69) is 4.74 Å². The average Bonchev–Trinajstić information content (AvgIpc) is 2.97. The Balaban J connectivity index is 1.63. The molecule has 4 aromatic rings. The molecule has 0 heterocycles. The van der Waals surface area contributed by atoms with Crippen LogP contribution in [0.4, 0.5) is 36.4 Å². The van der Waals surface area contributed by atoms with E-state index in [-0.39, 0.29) is 18.7 Å². The van der Waals surface area contributed by atoms with E-state index < -0.39 is 36.1 Å². The van der Waals surface area contributed by atoms with Crippen molar-refractivity contribution in [1.82, 2.24) is 0 Å². The first kappa shape index (κ1) is 32.9. The average molecular weight is 642 g/mol. The molecule has 4 rings (SSSR count). The van der Waals surface area contributed by atoms with Crippen LogP contribution in [0.25, 0.3) is 0 Å². The van der Waals surface area contributed by atoms with E-state index in [0.717, 1.165) is 42.0 Å². The van der Waals surface area contributed by atoms with Gasteiger partial charge in [0.25, 0.3) is 0 Å². The topological polar surface area (TPSA) is 41.9 Å². The van der Waals surface area contributed by atoms with Crippen LogP contribution in [0, 0.1) is 0 Å². The molecule has 0 aliphatic carbocycles. The van der Waals surface area contributed by atoms with Crippen LogP contribution >= 0.6 is 11.6 Å². The highest BCUT2D eigenvalue weighted by Crippen LogP contribution is 2.33. The molecule has 1 unspecified atom stereocenters. The number of alkyl halides is 7. The summed E-state index contributed by atoms with van der Waals surface area (Å²) in [7, 11) is 0. The van der Waals surface area contributed by atoms with Crippen LogP contribution in [0.5, 0.6) is 17.2 Å². The molecule has 0 bridgehead atoms. The van der Waals surface area contributed by atoms with Crippen molar-refractivity contribution >= 4 is 17.3 Å². The van der Waals surface area contributed by atoms with E-state index in [9.17, 15) is 35.8 Å². The van der Waals surface area contributed by atoms with Gasteiger partial charge in [0.2, 0.25) is 0 Å².